The Kier molecular flexibility index (Phi) is 6.63. The fraction of sp³-hybridized carbons (Fsp3) is 0.316. The van der Waals surface area contributed by atoms with Gasteiger partial charge < -0.3 is 20.5 Å². The summed E-state index contributed by atoms with van der Waals surface area (Å²) in [7, 11) is 3.22. The van der Waals surface area contributed by atoms with Gasteiger partial charge >= 0.3 is 0 Å². The number of hydrogen-bond donors (Lipinski definition) is 2. The smallest absolute Gasteiger partial charge is 0.221 e. The van der Waals surface area contributed by atoms with Crippen LogP contribution in [0.5, 0.6) is 11.5 Å². The fourth-order valence-corrected chi connectivity index (χ4v) is 2.58. The van der Waals surface area contributed by atoms with E-state index in [0.29, 0.717) is 30.9 Å². The molecule has 1 amide bonds. The Bertz CT molecular complexity index is 659. The number of ether oxygens (including phenoxy) is 2. The molecular weight excluding hydrogens is 304 g/mol. The van der Waals surface area contributed by atoms with Crippen LogP contribution in [0.3, 0.4) is 0 Å². The molecule has 2 aromatic carbocycles. The highest BCUT2D eigenvalue weighted by Gasteiger charge is 2.16. The highest BCUT2D eigenvalue weighted by Crippen LogP contribution is 2.29. The zero-order chi connectivity index (χ0) is 17.4. The first-order valence-corrected chi connectivity index (χ1v) is 7.93. The molecule has 24 heavy (non-hydrogen) atoms. The first kappa shape index (κ1) is 17.8. The zero-order valence-electron chi connectivity index (χ0n) is 14.1. The van der Waals surface area contributed by atoms with E-state index in [4.69, 9.17) is 15.2 Å². The molecule has 5 nitrogen and oxygen atoms in total. The third kappa shape index (κ3) is 4.73. The molecule has 0 aromatic heterocycles. The molecule has 0 heterocycles. The maximum absolute atomic E-state index is 12.0. The number of carbonyl (C=O) groups is 1. The van der Waals surface area contributed by atoms with E-state index in [1.54, 1.807) is 14.2 Å². The molecule has 0 radical (unpaired) electrons. The molecule has 0 spiro atoms. The summed E-state index contributed by atoms with van der Waals surface area (Å²) >= 11 is 0. The number of rotatable bonds is 8. The van der Waals surface area contributed by atoms with Gasteiger partial charge in [-0.3, -0.25) is 4.79 Å². The summed E-state index contributed by atoms with van der Waals surface area (Å²) in [5, 5.41) is 3.06. The first-order valence-electron chi connectivity index (χ1n) is 7.93. The lowest BCUT2D eigenvalue weighted by Gasteiger charge is -2.20. The second-order valence-corrected chi connectivity index (χ2v) is 5.46. The quantitative estimate of drug-likeness (QED) is 0.781. The number of carbonyl (C=O) groups excluding carboxylic acids is 1. The third-order valence-corrected chi connectivity index (χ3v) is 3.80. The Labute approximate surface area is 142 Å². The summed E-state index contributed by atoms with van der Waals surface area (Å²) in [6.07, 6.45) is 0.968. The summed E-state index contributed by atoms with van der Waals surface area (Å²) in [5.74, 6) is 1.31. The second kappa shape index (κ2) is 8.93. The van der Waals surface area contributed by atoms with Gasteiger partial charge in [0.2, 0.25) is 5.91 Å². The molecule has 3 N–H and O–H groups in total. The normalized spacial score (nSPS) is 11.6. The summed E-state index contributed by atoms with van der Waals surface area (Å²) < 4.78 is 10.6. The minimum Gasteiger partial charge on any atom is -0.493 e. The van der Waals surface area contributed by atoms with Gasteiger partial charge in [0.25, 0.3) is 0 Å². The SMILES string of the molecule is COc1ccc(CC(NC(=O)CCN)c2ccccc2)cc1OC. The van der Waals surface area contributed by atoms with Gasteiger partial charge in [0.05, 0.1) is 20.3 Å². The predicted octanol–water partition coefficient (Wildman–Crippen LogP) is 2.45. The van der Waals surface area contributed by atoms with Gasteiger partial charge in [-0.15, -0.1) is 0 Å². The molecule has 0 aliphatic carbocycles. The van der Waals surface area contributed by atoms with Crippen molar-refractivity contribution in [3.05, 3.63) is 59.7 Å². The Morgan fingerprint density at radius 2 is 1.79 bits per heavy atom. The Morgan fingerprint density at radius 1 is 1.08 bits per heavy atom. The van der Waals surface area contributed by atoms with Crippen LogP contribution in [0.15, 0.2) is 48.5 Å². The average molecular weight is 328 g/mol. The van der Waals surface area contributed by atoms with Crippen molar-refractivity contribution in [3.8, 4) is 11.5 Å². The van der Waals surface area contributed by atoms with Crippen molar-refractivity contribution in [1.82, 2.24) is 5.32 Å². The number of benzene rings is 2. The van der Waals surface area contributed by atoms with Crippen molar-refractivity contribution in [1.29, 1.82) is 0 Å². The van der Waals surface area contributed by atoms with Crippen molar-refractivity contribution >= 4 is 5.91 Å². The van der Waals surface area contributed by atoms with Crippen molar-refractivity contribution in [2.45, 2.75) is 18.9 Å². The van der Waals surface area contributed by atoms with Crippen LogP contribution in [0.25, 0.3) is 0 Å². The fourth-order valence-electron chi connectivity index (χ4n) is 2.58. The molecule has 5 heteroatoms. The molecule has 2 rings (SSSR count). The number of methoxy groups -OCH3 is 2. The summed E-state index contributed by atoms with van der Waals surface area (Å²) in [6.45, 7) is 0.337. The largest absolute Gasteiger partial charge is 0.493 e. The lowest BCUT2D eigenvalue weighted by Crippen LogP contribution is -2.31. The lowest BCUT2D eigenvalue weighted by molar-refractivity contribution is -0.121. The van der Waals surface area contributed by atoms with E-state index in [9.17, 15) is 4.79 Å². The highest BCUT2D eigenvalue weighted by molar-refractivity contribution is 5.76. The second-order valence-electron chi connectivity index (χ2n) is 5.46. The maximum atomic E-state index is 12.0. The van der Waals surface area contributed by atoms with Crippen molar-refractivity contribution < 1.29 is 14.3 Å². The molecule has 0 saturated heterocycles. The molecule has 0 aliphatic rings. The average Bonchev–Trinajstić information content (AvgIpc) is 2.62. The van der Waals surface area contributed by atoms with Crippen LogP contribution in [0, 0.1) is 0 Å². The third-order valence-electron chi connectivity index (χ3n) is 3.80. The van der Waals surface area contributed by atoms with Crippen LogP contribution in [0.4, 0.5) is 0 Å². The number of hydrogen-bond acceptors (Lipinski definition) is 4. The van der Waals surface area contributed by atoms with Gasteiger partial charge in [0.1, 0.15) is 0 Å². The molecule has 128 valence electrons. The van der Waals surface area contributed by atoms with E-state index in [1.165, 1.54) is 0 Å². The van der Waals surface area contributed by atoms with Gasteiger partial charge in [-0.25, -0.2) is 0 Å². The van der Waals surface area contributed by atoms with Crippen molar-refractivity contribution in [2.75, 3.05) is 20.8 Å². The molecule has 0 bridgehead atoms. The van der Waals surface area contributed by atoms with Crippen LogP contribution < -0.4 is 20.5 Å². The number of nitrogens with one attached hydrogen (secondary N) is 1. The van der Waals surface area contributed by atoms with Crippen LogP contribution in [-0.4, -0.2) is 26.7 Å². The molecule has 2 aromatic rings. The maximum Gasteiger partial charge on any atom is 0.221 e. The number of nitrogens with two attached hydrogens (primary N) is 1. The van der Waals surface area contributed by atoms with Crippen LogP contribution in [0.1, 0.15) is 23.6 Å². The molecular formula is C19H24N2O3. The van der Waals surface area contributed by atoms with E-state index < -0.39 is 0 Å². The Balaban J connectivity index is 2.23. The van der Waals surface area contributed by atoms with Crippen LogP contribution in [-0.2, 0) is 11.2 Å². The van der Waals surface area contributed by atoms with E-state index >= 15 is 0 Å². The summed E-state index contributed by atoms with van der Waals surface area (Å²) in [5.41, 5.74) is 7.58. The molecule has 0 fully saturated rings. The molecule has 1 unspecified atom stereocenters. The van der Waals surface area contributed by atoms with Crippen molar-refractivity contribution in [2.24, 2.45) is 5.73 Å². The monoisotopic (exact) mass is 328 g/mol. The van der Waals surface area contributed by atoms with Gasteiger partial charge in [-0.05, 0) is 29.7 Å². The molecule has 0 saturated carbocycles. The van der Waals surface area contributed by atoms with Crippen LogP contribution in [0.2, 0.25) is 0 Å². The highest BCUT2D eigenvalue weighted by atomic mass is 16.5. The predicted molar refractivity (Wildman–Crippen MR) is 94.2 cm³/mol. The summed E-state index contributed by atoms with van der Waals surface area (Å²) in [4.78, 5) is 12.0. The van der Waals surface area contributed by atoms with Crippen molar-refractivity contribution in [3.63, 3.8) is 0 Å². The molecule has 0 aliphatic heterocycles. The minimum atomic E-state index is -0.122. The van der Waals surface area contributed by atoms with E-state index in [1.807, 2.05) is 48.5 Å². The van der Waals surface area contributed by atoms with Gasteiger partial charge in [-0.2, -0.15) is 0 Å². The Hall–Kier alpha value is -2.53. The minimum absolute atomic E-state index is 0.0492. The Morgan fingerprint density at radius 3 is 2.42 bits per heavy atom. The first-order chi connectivity index (χ1) is 11.7. The number of amides is 1. The lowest BCUT2D eigenvalue weighted by atomic mass is 9.98. The summed E-state index contributed by atoms with van der Waals surface area (Å²) in [6, 6.07) is 15.6. The zero-order valence-corrected chi connectivity index (χ0v) is 14.1. The van der Waals surface area contributed by atoms with E-state index in [0.717, 1.165) is 11.1 Å². The van der Waals surface area contributed by atoms with Crippen LogP contribution >= 0.6 is 0 Å². The topological polar surface area (TPSA) is 73.6 Å². The molecule has 1 atom stereocenters. The van der Waals surface area contributed by atoms with Gasteiger partial charge in [-0.1, -0.05) is 36.4 Å². The van der Waals surface area contributed by atoms with Gasteiger partial charge in [0, 0.05) is 13.0 Å². The van der Waals surface area contributed by atoms with E-state index in [-0.39, 0.29) is 11.9 Å². The van der Waals surface area contributed by atoms with Gasteiger partial charge in [0.15, 0.2) is 11.5 Å². The van der Waals surface area contributed by atoms with E-state index in [2.05, 4.69) is 5.32 Å². The standard InChI is InChI=1S/C19H24N2O3/c1-23-17-9-8-14(13-18(17)24-2)12-16(21-19(22)10-11-20)15-6-4-3-5-7-15/h3-9,13,16H,10-12,20H2,1-2H3,(H,21,22).